The molecule has 3 rings (SSSR count). The normalized spacial score (nSPS) is 12.1. The molecule has 6 nitrogen and oxygen atoms in total. The van der Waals surface area contributed by atoms with E-state index in [1.807, 2.05) is 67.7 Å². The lowest BCUT2D eigenvalue weighted by Crippen LogP contribution is -2.40. The Labute approximate surface area is 162 Å². The monoisotopic (exact) mass is 382 g/mol. The number of nitrogens with one attached hydrogen (secondary N) is 2. The molecule has 0 saturated heterocycles. The van der Waals surface area contributed by atoms with Crippen molar-refractivity contribution in [2.75, 3.05) is 26.0 Å². The van der Waals surface area contributed by atoms with Crippen LogP contribution < -0.4 is 10.6 Å². The molecule has 3 aromatic rings. The summed E-state index contributed by atoms with van der Waals surface area (Å²) in [7, 11) is 3.89. The molecule has 2 amide bonds. The summed E-state index contributed by atoms with van der Waals surface area (Å²) < 4.78 is 0. The molecule has 2 N–H and O–H groups in total. The number of likely N-dealkylation sites (N-methyl/N-ethyl adjacent to an activating group) is 1. The van der Waals surface area contributed by atoms with E-state index in [4.69, 9.17) is 0 Å². The summed E-state index contributed by atoms with van der Waals surface area (Å²) in [5.41, 5.74) is 2.13. The molecule has 0 fully saturated rings. The van der Waals surface area contributed by atoms with Gasteiger partial charge in [-0.2, -0.15) is 0 Å². The van der Waals surface area contributed by atoms with Crippen molar-refractivity contribution in [3.05, 3.63) is 58.4 Å². The van der Waals surface area contributed by atoms with Crippen LogP contribution in [0.4, 0.5) is 5.69 Å². The van der Waals surface area contributed by atoms with Gasteiger partial charge < -0.3 is 15.5 Å². The predicted molar refractivity (Wildman–Crippen MR) is 109 cm³/mol. The lowest BCUT2D eigenvalue weighted by Gasteiger charge is -2.23. The molecule has 0 aliphatic carbocycles. The maximum absolute atomic E-state index is 12.4. The molecule has 0 aliphatic heterocycles. The fourth-order valence-electron chi connectivity index (χ4n) is 2.88. The number of hydrogen-bond acceptors (Lipinski definition) is 5. The second-order valence-electron chi connectivity index (χ2n) is 6.49. The molecule has 1 atom stereocenters. The van der Waals surface area contributed by atoms with Crippen LogP contribution in [-0.2, 0) is 9.59 Å². The van der Waals surface area contributed by atoms with E-state index in [-0.39, 0.29) is 6.04 Å². The maximum atomic E-state index is 12.4. The van der Waals surface area contributed by atoms with Gasteiger partial charge in [0.05, 0.1) is 17.2 Å². The van der Waals surface area contributed by atoms with Gasteiger partial charge in [-0.25, -0.2) is 0 Å². The van der Waals surface area contributed by atoms with E-state index < -0.39 is 11.8 Å². The molecule has 1 aromatic carbocycles. The van der Waals surface area contributed by atoms with E-state index in [1.165, 1.54) is 0 Å². The fraction of sp³-hybridized carbons (Fsp3) is 0.250. The number of rotatable bonds is 5. The molecule has 7 heteroatoms. The van der Waals surface area contributed by atoms with Gasteiger partial charge >= 0.3 is 11.8 Å². The molecular weight excluding hydrogens is 360 g/mol. The first-order valence-corrected chi connectivity index (χ1v) is 9.49. The van der Waals surface area contributed by atoms with Gasteiger partial charge in [0.1, 0.15) is 0 Å². The van der Waals surface area contributed by atoms with Crippen molar-refractivity contribution in [2.24, 2.45) is 0 Å². The van der Waals surface area contributed by atoms with Gasteiger partial charge in [-0.3, -0.25) is 14.6 Å². The molecule has 0 spiro atoms. The average molecular weight is 382 g/mol. The minimum Gasteiger partial charge on any atom is -0.346 e. The Morgan fingerprint density at radius 2 is 1.93 bits per heavy atom. The first kappa shape index (κ1) is 19.0. The van der Waals surface area contributed by atoms with Crippen molar-refractivity contribution < 1.29 is 9.59 Å². The summed E-state index contributed by atoms with van der Waals surface area (Å²) in [5, 5.41) is 8.24. The first-order chi connectivity index (χ1) is 13.0. The van der Waals surface area contributed by atoms with Crippen molar-refractivity contribution in [3.63, 3.8) is 0 Å². The number of nitrogens with zero attached hydrogens (tertiary/aromatic N) is 2. The van der Waals surface area contributed by atoms with Crippen LogP contribution in [0.1, 0.15) is 16.6 Å². The number of thiophene rings is 1. The Morgan fingerprint density at radius 3 is 2.63 bits per heavy atom. The summed E-state index contributed by atoms with van der Waals surface area (Å²) in [6.45, 7) is 2.21. The second kappa shape index (κ2) is 8.28. The SMILES string of the molecule is Cc1cc(NC(=O)C(=O)NC[C@@H](c2cccs2)N(C)C)c2ccccc2n1. The number of aryl methyl sites for hydroxylation is 1. The zero-order valence-electron chi connectivity index (χ0n) is 15.5. The number of benzene rings is 1. The minimum atomic E-state index is -0.686. The molecular formula is C20H22N4O2S. The molecule has 0 saturated carbocycles. The Kier molecular flexibility index (Phi) is 5.83. The Bertz CT molecular complexity index is 954. The standard InChI is InChI=1S/C20H22N4O2S/c1-13-11-16(14-7-4-5-8-15(14)22-13)23-20(26)19(25)21-12-17(24(2)3)18-9-6-10-27-18/h4-11,17H,12H2,1-3H3,(H,21,25)(H,22,23,26)/t17-/m0/s1. The van der Waals surface area contributed by atoms with Crippen LogP contribution in [-0.4, -0.2) is 42.3 Å². The van der Waals surface area contributed by atoms with Gasteiger partial charge in [-0.1, -0.05) is 24.3 Å². The van der Waals surface area contributed by atoms with Gasteiger partial charge in [0.15, 0.2) is 0 Å². The Hall–Kier alpha value is -2.77. The average Bonchev–Trinajstić information content (AvgIpc) is 3.15. The summed E-state index contributed by atoms with van der Waals surface area (Å²) in [5.74, 6) is -1.34. The van der Waals surface area contributed by atoms with E-state index >= 15 is 0 Å². The highest BCUT2D eigenvalue weighted by atomic mass is 32.1. The lowest BCUT2D eigenvalue weighted by atomic mass is 10.1. The van der Waals surface area contributed by atoms with Crippen molar-refractivity contribution in [2.45, 2.75) is 13.0 Å². The molecule has 0 radical (unpaired) electrons. The zero-order valence-corrected chi connectivity index (χ0v) is 16.3. The molecule has 140 valence electrons. The summed E-state index contributed by atoms with van der Waals surface area (Å²) in [6, 6.07) is 13.3. The number of para-hydroxylation sites is 1. The second-order valence-corrected chi connectivity index (χ2v) is 7.47. The largest absolute Gasteiger partial charge is 0.346 e. The molecule has 0 aliphatic rings. The Balaban J connectivity index is 1.69. The number of carbonyl (C=O) groups excluding carboxylic acids is 2. The number of pyridine rings is 1. The van der Waals surface area contributed by atoms with Crippen molar-refractivity contribution in [3.8, 4) is 0 Å². The number of amides is 2. The molecule has 27 heavy (non-hydrogen) atoms. The van der Waals surface area contributed by atoms with Crippen LogP contribution in [0.3, 0.4) is 0 Å². The van der Waals surface area contributed by atoms with Gasteiger partial charge in [0.25, 0.3) is 0 Å². The first-order valence-electron chi connectivity index (χ1n) is 8.61. The smallest absolute Gasteiger partial charge is 0.313 e. The highest BCUT2D eigenvalue weighted by Gasteiger charge is 2.20. The van der Waals surface area contributed by atoms with E-state index in [0.717, 1.165) is 21.5 Å². The molecule has 0 unspecified atom stereocenters. The van der Waals surface area contributed by atoms with Crippen LogP contribution in [0.25, 0.3) is 10.9 Å². The third-order valence-corrected chi connectivity index (χ3v) is 5.22. The van der Waals surface area contributed by atoms with E-state index in [2.05, 4.69) is 15.6 Å². The number of aromatic nitrogens is 1. The maximum Gasteiger partial charge on any atom is 0.313 e. The summed E-state index contributed by atoms with van der Waals surface area (Å²) in [6.07, 6.45) is 0. The minimum absolute atomic E-state index is 0.0192. The Morgan fingerprint density at radius 1 is 1.15 bits per heavy atom. The summed E-state index contributed by atoms with van der Waals surface area (Å²) in [4.78, 5) is 32.3. The number of carbonyl (C=O) groups is 2. The molecule has 0 bridgehead atoms. The molecule has 2 heterocycles. The third kappa shape index (κ3) is 4.50. The van der Waals surface area contributed by atoms with Crippen LogP contribution in [0.5, 0.6) is 0 Å². The van der Waals surface area contributed by atoms with Gasteiger partial charge in [0.2, 0.25) is 0 Å². The van der Waals surface area contributed by atoms with Crippen molar-refractivity contribution in [1.29, 1.82) is 0 Å². The van der Waals surface area contributed by atoms with E-state index in [1.54, 1.807) is 17.4 Å². The quantitative estimate of drug-likeness (QED) is 0.666. The zero-order chi connectivity index (χ0) is 19.4. The van der Waals surface area contributed by atoms with Gasteiger partial charge in [-0.15, -0.1) is 11.3 Å². The number of anilines is 1. The van der Waals surface area contributed by atoms with Crippen LogP contribution in [0, 0.1) is 6.92 Å². The topological polar surface area (TPSA) is 74.3 Å². The van der Waals surface area contributed by atoms with Crippen LogP contribution >= 0.6 is 11.3 Å². The van der Waals surface area contributed by atoms with E-state index in [0.29, 0.717) is 12.2 Å². The number of fused-ring (bicyclic) bond motifs is 1. The number of hydrogen-bond donors (Lipinski definition) is 2. The fourth-order valence-corrected chi connectivity index (χ4v) is 3.80. The predicted octanol–water partition coefficient (Wildman–Crippen LogP) is 2.96. The van der Waals surface area contributed by atoms with Crippen LogP contribution in [0.15, 0.2) is 47.8 Å². The molecule has 2 aromatic heterocycles. The van der Waals surface area contributed by atoms with Gasteiger partial charge in [-0.05, 0) is 44.6 Å². The van der Waals surface area contributed by atoms with Gasteiger partial charge in [0, 0.05) is 22.5 Å². The van der Waals surface area contributed by atoms with Crippen molar-refractivity contribution >= 4 is 39.7 Å². The third-order valence-electron chi connectivity index (χ3n) is 4.25. The highest BCUT2D eigenvalue weighted by Crippen LogP contribution is 2.23. The summed E-state index contributed by atoms with van der Waals surface area (Å²) >= 11 is 1.62. The van der Waals surface area contributed by atoms with Crippen LogP contribution in [0.2, 0.25) is 0 Å². The lowest BCUT2D eigenvalue weighted by molar-refractivity contribution is -0.136. The highest BCUT2D eigenvalue weighted by molar-refractivity contribution is 7.10. The van der Waals surface area contributed by atoms with E-state index in [9.17, 15) is 9.59 Å². The van der Waals surface area contributed by atoms with Crippen molar-refractivity contribution in [1.82, 2.24) is 15.2 Å².